The van der Waals surface area contributed by atoms with E-state index in [0.29, 0.717) is 11.8 Å². The topological polar surface area (TPSA) is 0 Å². The van der Waals surface area contributed by atoms with Crippen molar-refractivity contribution in [3.63, 3.8) is 0 Å². The second kappa shape index (κ2) is 5.99. The Kier molecular flexibility index (Phi) is 5.18. The molecule has 0 aromatic heterocycles. The molecule has 0 amide bonds. The summed E-state index contributed by atoms with van der Waals surface area (Å²) < 4.78 is 37.3. The summed E-state index contributed by atoms with van der Waals surface area (Å²) in [7, 11) is 0. The first-order valence-electron chi connectivity index (χ1n) is 4.47. The molecule has 0 saturated carbocycles. The fraction of sp³-hybridized carbons (Fsp3) is 0.273. The van der Waals surface area contributed by atoms with Gasteiger partial charge in [0, 0.05) is 11.8 Å². The molecule has 1 aromatic rings. The molecule has 0 unspecified atom stereocenters. The molecule has 0 radical (unpaired) electrons. The molecule has 92 valence electrons. The molecule has 0 atom stereocenters. The van der Waals surface area contributed by atoms with E-state index in [1.807, 2.05) is 0 Å². The maximum Gasteiger partial charge on any atom is 0.416 e. The Balaban J connectivity index is 3.17. The minimum absolute atomic E-state index is 0.0908. The van der Waals surface area contributed by atoms with Gasteiger partial charge in [-0.05, 0) is 12.1 Å². The fourth-order valence-electron chi connectivity index (χ4n) is 1.05. The van der Waals surface area contributed by atoms with E-state index in [1.54, 1.807) is 0 Å². The molecule has 1 rings (SSSR count). The lowest BCUT2D eigenvalue weighted by atomic mass is 10.1. The quantitative estimate of drug-likeness (QED) is 0.488. The molecule has 0 aliphatic rings. The van der Waals surface area contributed by atoms with Crippen LogP contribution < -0.4 is 0 Å². The molecule has 0 nitrogen and oxygen atoms in total. The van der Waals surface area contributed by atoms with Crippen molar-refractivity contribution in [1.29, 1.82) is 0 Å². The number of hydrogen-bond acceptors (Lipinski definition) is 0. The van der Waals surface area contributed by atoms with Crippen LogP contribution in [0.3, 0.4) is 0 Å². The average molecular weight is 346 g/mol. The van der Waals surface area contributed by atoms with Gasteiger partial charge >= 0.3 is 6.18 Å². The second-order valence-corrected chi connectivity index (χ2v) is 4.66. The van der Waals surface area contributed by atoms with Crippen molar-refractivity contribution in [2.75, 3.05) is 5.33 Å². The third-order valence-corrected chi connectivity index (χ3v) is 2.79. The standard InChI is InChI=1S/C11H6BrCl2F3/c12-4-2-1-3-8-9(13)5-7(6-10(8)14)11(15,16)17/h5-6H,2,4H2. The highest BCUT2D eigenvalue weighted by Gasteiger charge is 2.31. The van der Waals surface area contributed by atoms with Gasteiger partial charge in [-0.3, -0.25) is 0 Å². The molecule has 0 heterocycles. The monoisotopic (exact) mass is 344 g/mol. The van der Waals surface area contributed by atoms with Gasteiger partial charge in [0.25, 0.3) is 0 Å². The van der Waals surface area contributed by atoms with Gasteiger partial charge in [-0.2, -0.15) is 13.2 Å². The maximum absolute atomic E-state index is 12.4. The lowest BCUT2D eigenvalue weighted by Crippen LogP contribution is -2.05. The molecule has 0 fully saturated rings. The largest absolute Gasteiger partial charge is 0.416 e. The first-order chi connectivity index (χ1) is 7.86. The van der Waals surface area contributed by atoms with Gasteiger partial charge < -0.3 is 0 Å². The molecule has 1 aromatic carbocycles. The van der Waals surface area contributed by atoms with E-state index in [2.05, 4.69) is 27.8 Å². The normalized spacial score (nSPS) is 10.9. The van der Waals surface area contributed by atoms with Crippen LogP contribution in [0.25, 0.3) is 0 Å². The molecule has 6 heteroatoms. The zero-order valence-corrected chi connectivity index (χ0v) is 11.4. The summed E-state index contributed by atoms with van der Waals surface area (Å²) in [5.74, 6) is 5.39. The van der Waals surface area contributed by atoms with Crippen LogP contribution in [0, 0.1) is 11.8 Å². The summed E-state index contributed by atoms with van der Waals surface area (Å²) in [6.07, 6.45) is -3.90. The number of rotatable bonds is 1. The van der Waals surface area contributed by atoms with Crippen LogP contribution in [-0.4, -0.2) is 5.33 Å². The highest BCUT2D eigenvalue weighted by atomic mass is 79.9. The summed E-state index contributed by atoms with van der Waals surface area (Å²) >= 11 is 14.6. The Morgan fingerprint density at radius 2 is 1.71 bits per heavy atom. The Morgan fingerprint density at radius 1 is 1.18 bits per heavy atom. The van der Waals surface area contributed by atoms with E-state index in [-0.39, 0.29) is 15.6 Å². The van der Waals surface area contributed by atoms with Gasteiger partial charge in [0.1, 0.15) is 0 Å². The summed E-state index contributed by atoms with van der Waals surface area (Å²) in [6, 6.07) is 1.65. The minimum atomic E-state index is -4.46. The van der Waals surface area contributed by atoms with Crippen molar-refractivity contribution in [2.45, 2.75) is 12.6 Å². The molecule has 17 heavy (non-hydrogen) atoms. The Bertz CT molecular complexity index is 449. The van der Waals surface area contributed by atoms with Crippen LogP contribution in [0.2, 0.25) is 10.0 Å². The van der Waals surface area contributed by atoms with Gasteiger partial charge in [-0.25, -0.2) is 0 Å². The smallest absolute Gasteiger partial charge is 0.166 e. The van der Waals surface area contributed by atoms with E-state index in [0.717, 1.165) is 12.1 Å². The molecule has 0 aliphatic carbocycles. The second-order valence-electron chi connectivity index (χ2n) is 3.05. The number of benzene rings is 1. The van der Waals surface area contributed by atoms with Crippen LogP contribution in [0.5, 0.6) is 0 Å². The third kappa shape index (κ3) is 4.09. The van der Waals surface area contributed by atoms with Crippen molar-refractivity contribution in [2.24, 2.45) is 0 Å². The van der Waals surface area contributed by atoms with Crippen molar-refractivity contribution >= 4 is 39.1 Å². The highest BCUT2D eigenvalue weighted by molar-refractivity contribution is 9.09. The summed E-state index contributed by atoms with van der Waals surface area (Å²) in [4.78, 5) is 0. The molecule has 0 aliphatic heterocycles. The predicted octanol–water partition coefficient (Wildman–Crippen LogP) is 5.15. The van der Waals surface area contributed by atoms with Crippen molar-refractivity contribution < 1.29 is 13.2 Å². The first kappa shape index (κ1) is 14.7. The molecular formula is C11H6BrCl2F3. The van der Waals surface area contributed by atoms with Crippen LogP contribution >= 0.6 is 39.1 Å². The first-order valence-corrected chi connectivity index (χ1v) is 6.35. The van der Waals surface area contributed by atoms with Crippen molar-refractivity contribution in [1.82, 2.24) is 0 Å². The maximum atomic E-state index is 12.4. The van der Waals surface area contributed by atoms with Gasteiger partial charge in [-0.15, -0.1) is 0 Å². The summed E-state index contributed by atoms with van der Waals surface area (Å²) in [5, 5.41) is 0.495. The Hall–Kier alpha value is -0.370. The summed E-state index contributed by atoms with van der Waals surface area (Å²) in [5.41, 5.74) is -0.652. The molecular weight excluding hydrogens is 340 g/mol. The molecule has 0 spiro atoms. The Morgan fingerprint density at radius 3 is 2.12 bits per heavy atom. The van der Waals surface area contributed by atoms with Gasteiger partial charge in [0.2, 0.25) is 0 Å². The minimum Gasteiger partial charge on any atom is -0.166 e. The van der Waals surface area contributed by atoms with Crippen LogP contribution in [0.4, 0.5) is 13.2 Å². The molecule has 0 bridgehead atoms. The fourth-order valence-corrected chi connectivity index (χ4v) is 1.83. The van der Waals surface area contributed by atoms with Crippen LogP contribution in [0.1, 0.15) is 17.5 Å². The van der Waals surface area contributed by atoms with Gasteiger partial charge in [-0.1, -0.05) is 51.0 Å². The van der Waals surface area contributed by atoms with Gasteiger partial charge in [0.15, 0.2) is 0 Å². The van der Waals surface area contributed by atoms with E-state index in [9.17, 15) is 13.2 Å². The van der Waals surface area contributed by atoms with E-state index in [1.165, 1.54) is 0 Å². The van der Waals surface area contributed by atoms with Crippen molar-refractivity contribution in [3.8, 4) is 11.8 Å². The van der Waals surface area contributed by atoms with E-state index >= 15 is 0 Å². The molecule has 0 saturated heterocycles. The number of alkyl halides is 4. The van der Waals surface area contributed by atoms with Crippen LogP contribution in [-0.2, 0) is 6.18 Å². The summed E-state index contributed by atoms with van der Waals surface area (Å²) in [6.45, 7) is 0. The predicted molar refractivity (Wildman–Crippen MR) is 66.8 cm³/mol. The van der Waals surface area contributed by atoms with Crippen molar-refractivity contribution in [3.05, 3.63) is 33.3 Å². The zero-order chi connectivity index (χ0) is 13.1. The van der Waals surface area contributed by atoms with E-state index < -0.39 is 11.7 Å². The zero-order valence-electron chi connectivity index (χ0n) is 8.34. The lowest BCUT2D eigenvalue weighted by molar-refractivity contribution is -0.137. The Labute approximate surface area is 115 Å². The third-order valence-electron chi connectivity index (χ3n) is 1.80. The number of halogens is 6. The van der Waals surface area contributed by atoms with Gasteiger partial charge in [0.05, 0.1) is 21.2 Å². The lowest BCUT2D eigenvalue weighted by Gasteiger charge is -2.09. The SMILES string of the molecule is FC(F)(F)c1cc(Cl)c(C#CCCBr)c(Cl)c1. The highest BCUT2D eigenvalue weighted by Crippen LogP contribution is 2.35. The number of hydrogen-bond donors (Lipinski definition) is 0. The van der Waals surface area contributed by atoms with Crippen LogP contribution in [0.15, 0.2) is 12.1 Å². The molecule has 0 N–H and O–H groups in total. The van der Waals surface area contributed by atoms with E-state index in [4.69, 9.17) is 23.2 Å². The average Bonchev–Trinajstić information content (AvgIpc) is 2.20.